The molecular weight excluding hydrogens is 391 g/mol. The van der Waals surface area contributed by atoms with Gasteiger partial charge in [0.1, 0.15) is 12.4 Å². The van der Waals surface area contributed by atoms with Crippen molar-refractivity contribution < 1.29 is 28.1 Å². The number of amidine groups is 1. The van der Waals surface area contributed by atoms with E-state index in [0.717, 1.165) is 11.6 Å². The number of ether oxygens (including phenoxy) is 4. The minimum atomic E-state index is -0.504. The molecule has 0 atom stereocenters. The third-order valence-electron chi connectivity index (χ3n) is 4.08. The number of nitrogens with zero attached hydrogens (tertiary/aromatic N) is 1. The second-order valence-corrected chi connectivity index (χ2v) is 6.14. The number of halogens is 1. The van der Waals surface area contributed by atoms with E-state index >= 15 is 0 Å². The van der Waals surface area contributed by atoms with Crippen LogP contribution in [0.15, 0.2) is 47.5 Å². The first kappa shape index (κ1) is 23.2. The van der Waals surface area contributed by atoms with Gasteiger partial charge in [-0.3, -0.25) is 10.1 Å². The van der Waals surface area contributed by atoms with Crippen LogP contribution >= 0.6 is 0 Å². The number of carbonyl (C=O) groups excluding carboxylic acids is 1. The summed E-state index contributed by atoms with van der Waals surface area (Å²) in [5, 5.41) is 2.59. The van der Waals surface area contributed by atoms with Gasteiger partial charge in [0.05, 0.1) is 20.8 Å². The summed E-state index contributed by atoms with van der Waals surface area (Å²) in [4.78, 5) is 16.7. The molecule has 1 amide bonds. The van der Waals surface area contributed by atoms with Gasteiger partial charge in [0.15, 0.2) is 11.5 Å². The van der Waals surface area contributed by atoms with Crippen LogP contribution in [0.1, 0.15) is 22.8 Å². The van der Waals surface area contributed by atoms with Crippen LogP contribution in [0.2, 0.25) is 0 Å². The van der Waals surface area contributed by atoms with E-state index in [9.17, 15) is 9.18 Å². The maximum Gasteiger partial charge on any atom is 0.291 e. The Morgan fingerprint density at radius 1 is 1.07 bits per heavy atom. The quantitative estimate of drug-likeness (QED) is 0.364. The number of methoxy groups -OCH3 is 2. The molecular formula is C22H27FN2O5. The van der Waals surface area contributed by atoms with Crippen molar-refractivity contribution in [3.63, 3.8) is 0 Å². The number of nitrogens with one attached hydrogen (secondary N) is 1. The molecule has 0 aliphatic rings. The molecule has 0 saturated carbocycles. The minimum Gasteiger partial charge on any atom is -0.493 e. The number of rotatable bonds is 10. The van der Waals surface area contributed by atoms with Gasteiger partial charge < -0.3 is 18.9 Å². The maximum absolute atomic E-state index is 13.4. The van der Waals surface area contributed by atoms with Crippen molar-refractivity contribution in [2.24, 2.45) is 4.99 Å². The van der Waals surface area contributed by atoms with Crippen LogP contribution in [0, 0.1) is 5.82 Å². The molecule has 0 spiro atoms. The van der Waals surface area contributed by atoms with Crippen molar-refractivity contribution in [1.82, 2.24) is 5.32 Å². The number of aliphatic imine (C=N–C) groups is 1. The fraction of sp³-hybridized carbons (Fsp3) is 0.364. The van der Waals surface area contributed by atoms with Crippen LogP contribution in [0.25, 0.3) is 0 Å². The van der Waals surface area contributed by atoms with Crippen LogP contribution in [0.3, 0.4) is 0 Å². The number of hydrogen-bond donors (Lipinski definition) is 1. The van der Waals surface area contributed by atoms with E-state index < -0.39 is 11.7 Å². The standard InChI is InChI=1S/C22H27FN2O5/c1-4-29-12-13-30-22(25-21(26)17-6-5-7-18(23)15-17)24-11-10-16-8-9-19(27-2)20(14-16)28-3/h5-9,14-15H,4,10-13H2,1-3H3,(H,24,25,26). The molecule has 2 rings (SSSR count). The second-order valence-electron chi connectivity index (χ2n) is 6.14. The zero-order valence-electron chi connectivity index (χ0n) is 17.4. The Kier molecular flexibility index (Phi) is 9.60. The zero-order chi connectivity index (χ0) is 21.8. The van der Waals surface area contributed by atoms with Crippen molar-refractivity contribution in [3.05, 3.63) is 59.4 Å². The molecule has 8 heteroatoms. The summed E-state index contributed by atoms with van der Waals surface area (Å²) < 4.78 is 34.7. The molecule has 2 aromatic rings. The molecule has 0 fully saturated rings. The van der Waals surface area contributed by atoms with E-state index in [0.29, 0.717) is 37.7 Å². The van der Waals surface area contributed by atoms with E-state index in [1.807, 2.05) is 25.1 Å². The van der Waals surface area contributed by atoms with E-state index in [1.54, 1.807) is 14.2 Å². The third kappa shape index (κ3) is 7.36. The fourth-order valence-electron chi connectivity index (χ4n) is 2.58. The Hall–Kier alpha value is -3.13. The lowest BCUT2D eigenvalue weighted by Crippen LogP contribution is -2.33. The summed E-state index contributed by atoms with van der Waals surface area (Å²) in [5.74, 6) is 0.279. The third-order valence-corrected chi connectivity index (χ3v) is 4.08. The van der Waals surface area contributed by atoms with Gasteiger partial charge in [0, 0.05) is 18.7 Å². The van der Waals surface area contributed by atoms with Crippen molar-refractivity contribution in [3.8, 4) is 11.5 Å². The molecule has 30 heavy (non-hydrogen) atoms. The first-order valence-corrected chi connectivity index (χ1v) is 9.60. The molecule has 0 aromatic heterocycles. The lowest BCUT2D eigenvalue weighted by molar-refractivity contribution is 0.0921. The summed E-state index contributed by atoms with van der Waals surface area (Å²) in [6.07, 6.45) is 0.592. The molecule has 0 bridgehead atoms. The average molecular weight is 418 g/mol. The van der Waals surface area contributed by atoms with Gasteiger partial charge in [0.2, 0.25) is 0 Å². The molecule has 2 aromatic carbocycles. The molecule has 0 saturated heterocycles. The van der Waals surface area contributed by atoms with Gasteiger partial charge in [0.25, 0.3) is 11.9 Å². The van der Waals surface area contributed by atoms with Crippen molar-refractivity contribution in [2.45, 2.75) is 13.3 Å². The second kappa shape index (κ2) is 12.4. The smallest absolute Gasteiger partial charge is 0.291 e. The van der Waals surface area contributed by atoms with Crippen LogP contribution in [0.4, 0.5) is 4.39 Å². The lowest BCUT2D eigenvalue weighted by Gasteiger charge is -2.12. The number of carbonyl (C=O) groups is 1. The predicted octanol–water partition coefficient (Wildman–Crippen LogP) is 3.22. The largest absolute Gasteiger partial charge is 0.493 e. The van der Waals surface area contributed by atoms with Crippen molar-refractivity contribution in [1.29, 1.82) is 0 Å². The summed E-state index contributed by atoms with van der Waals surface area (Å²) in [7, 11) is 3.15. The molecule has 0 heterocycles. The first-order valence-electron chi connectivity index (χ1n) is 9.60. The topological polar surface area (TPSA) is 78.4 Å². The number of hydrogen-bond acceptors (Lipinski definition) is 6. The van der Waals surface area contributed by atoms with Gasteiger partial charge in [-0.25, -0.2) is 9.38 Å². The molecule has 0 radical (unpaired) electrons. The van der Waals surface area contributed by atoms with Gasteiger partial charge in [-0.1, -0.05) is 12.1 Å². The Bertz CT molecular complexity index is 857. The van der Waals surface area contributed by atoms with Gasteiger partial charge in [-0.2, -0.15) is 0 Å². The highest BCUT2D eigenvalue weighted by atomic mass is 19.1. The highest BCUT2D eigenvalue weighted by molar-refractivity contribution is 6.04. The van der Waals surface area contributed by atoms with E-state index in [1.165, 1.54) is 18.2 Å². The highest BCUT2D eigenvalue weighted by Crippen LogP contribution is 2.27. The number of benzene rings is 2. The van der Waals surface area contributed by atoms with Crippen LogP contribution in [0.5, 0.6) is 11.5 Å². The van der Waals surface area contributed by atoms with Crippen LogP contribution < -0.4 is 14.8 Å². The predicted molar refractivity (Wildman–Crippen MR) is 112 cm³/mol. The Balaban J connectivity index is 2.04. The molecule has 0 aliphatic carbocycles. The molecule has 0 unspecified atom stereocenters. The number of amides is 1. The maximum atomic E-state index is 13.4. The summed E-state index contributed by atoms with van der Waals surface area (Å²) >= 11 is 0. The average Bonchev–Trinajstić information content (AvgIpc) is 2.76. The summed E-state index contributed by atoms with van der Waals surface area (Å²) in [5.41, 5.74) is 1.16. The van der Waals surface area contributed by atoms with E-state index in [2.05, 4.69) is 10.3 Å². The van der Waals surface area contributed by atoms with Crippen molar-refractivity contribution >= 4 is 11.9 Å². The monoisotopic (exact) mass is 418 g/mol. The Morgan fingerprint density at radius 2 is 1.87 bits per heavy atom. The highest BCUT2D eigenvalue weighted by Gasteiger charge is 2.11. The molecule has 1 N–H and O–H groups in total. The van der Waals surface area contributed by atoms with Gasteiger partial charge in [-0.15, -0.1) is 0 Å². The summed E-state index contributed by atoms with van der Waals surface area (Å²) in [6, 6.07) is 11.1. The zero-order valence-corrected chi connectivity index (χ0v) is 17.4. The molecule has 0 aliphatic heterocycles. The van der Waals surface area contributed by atoms with Gasteiger partial charge in [-0.05, 0) is 49.2 Å². The molecule has 162 valence electrons. The Morgan fingerprint density at radius 3 is 2.57 bits per heavy atom. The molecule has 7 nitrogen and oxygen atoms in total. The van der Waals surface area contributed by atoms with Crippen LogP contribution in [-0.2, 0) is 15.9 Å². The van der Waals surface area contributed by atoms with E-state index in [4.69, 9.17) is 18.9 Å². The van der Waals surface area contributed by atoms with E-state index in [-0.39, 0.29) is 18.2 Å². The Labute approximate surface area is 175 Å². The summed E-state index contributed by atoms with van der Waals surface area (Å²) in [6.45, 7) is 3.39. The fourth-order valence-corrected chi connectivity index (χ4v) is 2.58. The lowest BCUT2D eigenvalue weighted by atomic mass is 10.1. The van der Waals surface area contributed by atoms with Crippen molar-refractivity contribution in [2.75, 3.05) is 40.6 Å². The minimum absolute atomic E-state index is 0.0597. The SMILES string of the molecule is CCOCCOC(=NCCc1ccc(OC)c(OC)c1)NC(=O)c1cccc(F)c1. The van der Waals surface area contributed by atoms with Gasteiger partial charge >= 0.3 is 0 Å². The van der Waals surface area contributed by atoms with Crippen LogP contribution in [-0.4, -0.2) is 52.5 Å². The first-order chi connectivity index (χ1) is 14.6. The normalized spacial score (nSPS) is 11.1.